The van der Waals surface area contributed by atoms with Crippen LogP contribution in [0.3, 0.4) is 0 Å². The van der Waals surface area contributed by atoms with Crippen molar-refractivity contribution < 1.29 is 13.3 Å². The number of para-hydroxylation sites is 4. The Hall–Kier alpha value is -9.59. The molecule has 0 atom stereocenters. The SMILES string of the molecule is c1ccc(-n2c3ccccc3c3cc(-c4ccc(-c5ccc6oc7cccc(-c8nc(-c9ccc%10c(c9)oc9ccccc9%10)nc(-c9ccc%10c(c9)oc9ccccc9%10)n8)c7c6c5)cc4)ccc32)cc1. The number of rotatable bonds is 6. The van der Waals surface area contributed by atoms with E-state index in [0.29, 0.717) is 17.5 Å². The molecule has 7 heteroatoms. The van der Waals surface area contributed by atoms with Gasteiger partial charge in [0.2, 0.25) is 0 Å². The first-order valence-electron chi connectivity index (χ1n) is 23.4. The normalized spacial score (nSPS) is 12.0. The Bertz CT molecular complexity index is 4460. The molecular formula is C63H36N4O3. The predicted octanol–water partition coefficient (Wildman–Crippen LogP) is 17.0. The molecule has 15 aromatic rings. The van der Waals surface area contributed by atoms with Crippen LogP contribution in [0.4, 0.5) is 0 Å². The van der Waals surface area contributed by atoms with Gasteiger partial charge in [-0.05, 0) is 107 Å². The minimum atomic E-state index is 0.527. The van der Waals surface area contributed by atoms with E-state index < -0.39 is 0 Å². The van der Waals surface area contributed by atoms with E-state index in [0.717, 1.165) is 105 Å². The summed E-state index contributed by atoms with van der Waals surface area (Å²) >= 11 is 0. The smallest absolute Gasteiger partial charge is 0.164 e. The first kappa shape index (κ1) is 38.5. The molecule has 10 aromatic carbocycles. The molecule has 0 aliphatic rings. The molecule has 0 unspecified atom stereocenters. The second-order valence-electron chi connectivity index (χ2n) is 17.9. The Morgan fingerprint density at radius 3 is 1.41 bits per heavy atom. The van der Waals surface area contributed by atoms with Crippen molar-refractivity contribution in [3.63, 3.8) is 0 Å². The molecular weight excluding hydrogens is 861 g/mol. The maximum atomic E-state index is 6.56. The highest BCUT2D eigenvalue weighted by Crippen LogP contribution is 2.41. The molecule has 15 rings (SSSR count). The summed E-state index contributed by atoms with van der Waals surface area (Å²) in [6.45, 7) is 0. The molecule has 0 aliphatic heterocycles. The maximum absolute atomic E-state index is 6.56. The van der Waals surface area contributed by atoms with Gasteiger partial charge in [0.15, 0.2) is 17.5 Å². The lowest BCUT2D eigenvalue weighted by atomic mass is 9.97. The predicted molar refractivity (Wildman–Crippen MR) is 283 cm³/mol. The Labute approximate surface area is 399 Å². The number of fused-ring (bicyclic) bond motifs is 12. The van der Waals surface area contributed by atoms with Gasteiger partial charge in [-0.3, -0.25) is 0 Å². The van der Waals surface area contributed by atoms with Crippen LogP contribution in [0.15, 0.2) is 232 Å². The van der Waals surface area contributed by atoms with Crippen LogP contribution in [0.1, 0.15) is 0 Å². The molecule has 5 aromatic heterocycles. The van der Waals surface area contributed by atoms with E-state index >= 15 is 0 Å². The molecule has 70 heavy (non-hydrogen) atoms. The molecule has 0 bridgehead atoms. The van der Waals surface area contributed by atoms with Crippen molar-refractivity contribution in [1.82, 2.24) is 19.5 Å². The fourth-order valence-corrected chi connectivity index (χ4v) is 10.5. The lowest BCUT2D eigenvalue weighted by Crippen LogP contribution is -2.00. The van der Waals surface area contributed by atoms with Gasteiger partial charge < -0.3 is 17.8 Å². The second-order valence-corrected chi connectivity index (χ2v) is 17.9. The molecule has 0 N–H and O–H groups in total. The second kappa shape index (κ2) is 15.0. The quantitative estimate of drug-likeness (QED) is 0.165. The van der Waals surface area contributed by atoms with E-state index in [1.807, 2.05) is 60.7 Å². The molecule has 326 valence electrons. The first-order chi connectivity index (χ1) is 34.6. The van der Waals surface area contributed by atoms with Crippen LogP contribution in [-0.2, 0) is 0 Å². The van der Waals surface area contributed by atoms with Gasteiger partial charge in [0.25, 0.3) is 0 Å². The first-order valence-corrected chi connectivity index (χ1v) is 23.4. The van der Waals surface area contributed by atoms with Crippen molar-refractivity contribution >= 4 is 87.6 Å². The number of hydrogen-bond acceptors (Lipinski definition) is 6. The average Bonchev–Trinajstić information content (AvgIpc) is 4.19. The van der Waals surface area contributed by atoms with E-state index in [4.69, 9.17) is 28.2 Å². The zero-order chi connectivity index (χ0) is 45.9. The number of furan rings is 3. The third-order valence-electron chi connectivity index (χ3n) is 13.9. The van der Waals surface area contributed by atoms with Gasteiger partial charge in [-0.2, -0.15) is 0 Å². The molecule has 0 amide bonds. The Balaban J connectivity index is 0.845. The molecule has 0 saturated carbocycles. The van der Waals surface area contributed by atoms with Gasteiger partial charge in [-0.1, -0.05) is 133 Å². The van der Waals surface area contributed by atoms with Gasteiger partial charge in [0.1, 0.15) is 33.5 Å². The summed E-state index contributed by atoms with van der Waals surface area (Å²) in [5, 5.41) is 8.57. The zero-order valence-corrected chi connectivity index (χ0v) is 37.3. The van der Waals surface area contributed by atoms with Gasteiger partial charge in [0, 0.05) is 65.5 Å². The third-order valence-corrected chi connectivity index (χ3v) is 13.9. The topological polar surface area (TPSA) is 83.0 Å². The number of aromatic nitrogens is 4. The lowest BCUT2D eigenvalue weighted by molar-refractivity contribution is 0.668. The van der Waals surface area contributed by atoms with Crippen LogP contribution in [0, 0.1) is 0 Å². The molecule has 0 fully saturated rings. The minimum Gasteiger partial charge on any atom is -0.456 e. The fraction of sp³-hybridized carbons (Fsp3) is 0. The molecule has 5 heterocycles. The maximum Gasteiger partial charge on any atom is 0.164 e. The van der Waals surface area contributed by atoms with Gasteiger partial charge in [-0.15, -0.1) is 0 Å². The summed E-state index contributed by atoms with van der Waals surface area (Å²) in [7, 11) is 0. The van der Waals surface area contributed by atoms with Crippen LogP contribution >= 0.6 is 0 Å². The van der Waals surface area contributed by atoms with Gasteiger partial charge >= 0.3 is 0 Å². The van der Waals surface area contributed by atoms with Crippen molar-refractivity contribution in [2.24, 2.45) is 0 Å². The summed E-state index contributed by atoms with van der Waals surface area (Å²) < 4.78 is 21.6. The summed E-state index contributed by atoms with van der Waals surface area (Å²) in [4.78, 5) is 15.6. The molecule has 0 aliphatic carbocycles. The summed E-state index contributed by atoms with van der Waals surface area (Å²) in [5.74, 6) is 1.58. The Morgan fingerprint density at radius 1 is 0.271 bits per heavy atom. The van der Waals surface area contributed by atoms with Crippen molar-refractivity contribution in [2.75, 3.05) is 0 Å². The van der Waals surface area contributed by atoms with E-state index in [1.54, 1.807) is 0 Å². The van der Waals surface area contributed by atoms with Gasteiger partial charge in [-0.25, -0.2) is 15.0 Å². The standard InChI is InChI=1S/C63H36N4O3/c1-2-11-43(12-3-1)67-52-17-7-4-13-44(52)50-33-39(27-31-53(50)67)37-21-23-38(24-22-37)40-28-32-56-51(34-40)60-49(16-10-20-57(60)68-56)63-65-61(41-25-29-47-45-14-5-8-18-54(45)69-58(47)35-41)64-62(66-63)42-26-30-48-46-15-6-9-19-55(46)70-59(48)36-42/h1-36H. The van der Waals surface area contributed by atoms with Crippen molar-refractivity contribution in [2.45, 2.75) is 0 Å². The highest BCUT2D eigenvalue weighted by atomic mass is 16.3. The number of nitrogens with zero attached hydrogens (tertiary/aromatic N) is 4. The number of hydrogen-bond donors (Lipinski definition) is 0. The summed E-state index contributed by atoms with van der Waals surface area (Å²) in [5.41, 5.74) is 15.2. The molecule has 0 saturated heterocycles. The summed E-state index contributed by atoms with van der Waals surface area (Å²) in [6.07, 6.45) is 0. The van der Waals surface area contributed by atoms with Crippen LogP contribution < -0.4 is 0 Å². The lowest BCUT2D eigenvalue weighted by Gasteiger charge is -2.10. The van der Waals surface area contributed by atoms with Crippen LogP contribution in [0.5, 0.6) is 0 Å². The zero-order valence-electron chi connectivity index (χ0n) is 37.3. The number of benzene rings is 10. The van der Waals surface area contributed by atoms with Crippen molar-refractivity contribution in [1.29, 1.82) is 0 Å². The molecule has 0 spiro atoms. The minimum absolute atomic E-state index is 0.527. The van der Waals surface area contributed by atoms with E-state index in [1.165, 1.54) is 27.4 Å². The third kappa shape index (κ3) is 5.98. The molecule has 7 nitrogen and oxygen atoms in total. The Kier molecular flexibility index (Phi) is 8.23. The van der Waals surface area contributed by atoms with Crippen molar-refractivity contribution in [3.8, 4) is 62.1 Å². The largest absolute Gasteiger partial charge is 0.456 e. The van der Waals surface area contributed by atoms with E-state index in [2.05, 4.69) is 162 Å². The van der Waals surface area contributed by atoms with E-state index in [9.17, 15) is 0 Å². The van der Waals surface area contributed by atoms with Crippen LogP contribution in [0.2, 0.25) is 0 Å². The Morgan fingerprint density at radius 2 is 0.743 bits per heavy atom. The van der Waals surface area contributed by atoms with Crippen molar-refractivity contribution in [3.05, 3.63) is 218 Å². The van der Waals surface area contributed by atoms with E-state index in [-0.39, 0.29) is 0 Å². The monoisotopic (exact) mass is 896 g/mol. The van der Waals surface area contributed by atoms with Crippen LogP contribution in [0.25, 0.3) is 150 Å². The average molecular weight is 897 g/mol. The highest BCUT2D eigenvalue weighted by molar-refractivity contribution is 6.14. The highest BCUT2D eigenvalue weighted by Gasteiger charge is 2.21. The summed E-state index contributed by atoms with van der Waals surface area (Å²) in [6, 6.07) is 75.9. The van der Waals surface area contributed by atoms with Gasteiger partial charge in [0.05, 0.1) is 11.0 Å². The molecule has 0 radical (unpaired) electrons. The fourth-order valence-electron chi connectivity index (χ4n) is 10.5. The van der Waals surface area contributed by atoms with Crippen LogP contribution in [-0.4, -0.2) is 19.5 Å².